The van der Waals surface area contributed by atoms with E-state index in [-0.39, 0.29) is 17.5 Å². The number of rotatable bonds is 5. The van der Waals surface area contributed by atoms with Gasteiger partial charge in [-0.2, -0.15) is 9.29 Å². The third-order valence-corrected chi connectivity index (χ3v) is 5.78. The maximum absolute atomic E-state index is 12.6. The molecule has 3 rings (SSSR count). The average molecular weight is 370 g/mol. The Balaban J connectivity index is 1.69. The number of halogens is 1. The molecular formula is C15H16ClN3O4S. The van der Waals surface area contributed by atoms with E-state index in [1.54, 1.807) is 12.1 Å². The van der Waals surface area contributed by atoms with E-state index in [0.717, 1.165) is 0 Å². The molecule has 2 heterocycles. The summed E-state index contributed by atoms with van der Waals surface area (Å²) in [5.41, 5.74) is 0. The third-order valence-electron chi connectivity index (χ3n) is 3.65. The summed E-state index contributed by atoms with van der Waals surface area (Å²) in [7, 11) is -2.07. The first-order valence-electron chi connectivity index (χ1n) is 7.27. The number of hydrogen-bond acceptors (Lipinski definition) is 6. The van der Waals surface area contributed by atoms with E-state index in [9.17, 15) is 8.42 Å². The Hall–Kier alpha value is -1.90. The maximum atomic E-state index is 12.6. The van der Waals surface area contributed by atoms with Crippen LogP contribution in [-0.2, 0) is 10.0 Å². The molecular weight excluding hydrogens is 354 g/mol. The van der Waals surface area contributed by atoms with Gasteiger partial charge in [-0.3, -0.25) is 4.98 Å². The quantitative estimate of drug-likeness (QED) is 0.801. The molecule has 0 aliphatic carbocycles. The van der Waals surface area contributed by atoms with Crippen molar-refractivity contribution in [1.82, 2.24) is 14.3 Å². The van der Waals surface area contributed by atoms with Gasteiger partial charge < -0.3 is 9.47 Å². The molecule has 1 aromatic heterocycles. The van der Waals surface area contributed by atoms with Crippen LogP contribution in [0.4, 0.5) is 0 Å². The zero-order chi connectivity index (χ0) is 17.2. The Morgan fingerprint density at radius 1 is 1.21 bits per heavy atom. The van der Waals surface area contributed by atoms with Gasteiger partial charge in [0.1, 0.15) is 6.10 Å². The molecule has 1 aliphatic heterocycles. The van der Waals surface area contributed by atoms with Crippen LogP contribution >= 0.6 is 11.6 Å². The van der Waals surface area contributed by atoms with Gasteiger partial charge in [0.25, 0.3) is 0 Å². The molecule has 7 nitrogen and oxygen atoms in total. The van der Waals surface area contributed by atoms with Gasteiger partial charge in [0.15, 0.2) is 0 Å². The second-order valence-corrected chi connectivity index (χ2v) is 7.62. The van der Waals surface area contributed by atoms with Gasteiger partial charge in [-0.15, -0.1) is 0 Å². The summed E-state index contributed by atoms with van der Waals surface area (Å²) >= 11 is 5.81. The van der Waals surface area contributed by atoms with Gasteiger partial charge in [-0.05, 0) is 30.7 Å². The van der Waals surface area contributed by atoms with Crippen LogP contribution < -0.4 is 9.47 Å². The minimum Gasteiger partial charge on any atom is -0.480 e. The van der Waals surface area contributed by atoms with E-state index >= 15 is 0 Å². The van der Waals surface area contributed by atoms with Crippen molar-refractivity contribution < 1.29 is 17.9 Å². The highest BCUT2D eigenvalue weighted by atomic mass is 35.5. The molecule has 1 atom stereocenters. The number of benzene rings is 1. The SMILES string of the molecule is COc1cncc(OC2CCN(S(=O)(=O)c3ccc(Cl)cc3)C2)n1. The van der Waals surface area contributed by atoms with Gasteiger partial charge in [0.2, 0.25) is 21.8 Å². The molecule has 2 aromatic rings. The second kappa shape index (κ2) is 6.92. The van der Waals surface area contributed by atoms with Gasteiger partial charge in [-0.1, -0.05) is 11.6 Å². The molecule has 9 heteroatoms. The summed E-state index contributed by atoms with van der Waals surface area (Å²) in [5.74, 6) is 0.654. The predicted molar refractivity (Wildman–Crippen MR) is 87.8 cm³/mol. The van der Waals surface area contributed by atoms with Crippen molar-refractivity contribution in [1.29, 1.82) is 0 Å². The normalized spacial score (nSPS) is 18.5. The topological polar surface area (TPSA) is 81.6 Å². The Bertz CT molecular complexity index is 814. The zero-order valence-electron chi connectivity index (χ0n) is 12.9. The van der Waals surface area contributed by atoms with Crippen LogP contribution in [0.15, 0.2) is 41.6 Å². The van der Waals surface area contributed by atoms with Gasteiger partial charge in [0, 0.05) is 11.6 Å². The number of methoxy groups -OCH3 is 1. The fraction of sp³-hybridized carbons (Fsp3) is 0.333. The minimum absolute atomic E-state index is 0.216. The average Bonchev–Trinajstić information content (AvgIpc) is 3.05. The lowest BCUT2D eigenvalue weighted by molar-refractivity contribution is 0.203. The molecule has 0 amide bonds. The number of aromatic nitrogens is 2. The third kappa shape index (κ3) is 3.61. The molecule has 0 radical (unpaired) electrons. The highest BCUT2D eigenvalue weighted by molar-refractivity contribution is 7.89. The van der Waals surface area contributed by atoms with E-state index in [1.807, 2.05) is 0 Å². The first kappa shape index (κ1) is 16.9. The Morgan fingerprint density at radius 2 is 1.92 bits per heavy atom. The number of sulfonamides is 1. The molecule has 24 heavy (non-hydrogen) atoms. The molecule has 1 saturated heterocycles. The standard InChI is InChI=1S/C15H16ClN3O4S/c1-22-14-8-17-9-15(18-14)23-12-6-7-19(10-12)24(20,21)13-4-2-11(16)3-5-13/h2-5,8-9,12H,6-7,10H2,1H3. The predicted octanol–water partition coefficient (Wildman–Crippen LogP) is 1.98. The van der Waals surface area contributed by atoms with Gasteiger partial charge in [-0.25, -0.2) is 8.42 Å². The summed E-state index contributed by atoms with van der Waals surface area (Å²) < 4.78 is 37.4. The van der Waals surface area contributed by atoms with Gasteiger partial charge in [0.05, 0.1) is 30.9 Å². The Labute approximate surface area is 145 Å². The van der Waals surface area contributed by atoms with Crippen LogP contribution in [0.3, 0.4) is 0 Å². The molecule has 128 valence electrons. The summed E-state index contributed by atoms with van der Waals surface area (Å²) in [5, 5.41) is 0.494. The molecule has 0 bridgehead atoms. The summed E-state index contributed by atoms with van der Waals surface area (Å²) in [4.78, 5) is 8.30. The highest BCUT2D eigenvalue weighted by Crippen LogP contribution is 2.24. The first-order chi connectivity index (χ1) is 11.5. The van der Waals surface area contributed by atoms with E-state index in [4.69, 9.17) is 21.1 Å². The summed E-state index contributed by atoms with van der Waals surface area (Å²) in [6.45, 7) is 0.636. The number of hydrogen-bond donors (Lipinski definition) is 0. The van der Waals surface area contributed by atoms with Crippen LogP contribution in [0.25, 0.3) is 0 Å². The Morgan fingerprint density at radius 3 is 2.62 bits per heavy atom. The van der Waals surface area contributed by atoms with Gasteiger partial charge >= 0.3 is 0 Å². The van der Waals surface area contributed by atoms with Crippen molar-refractivity contribution >= 4 is 21.6 Å². The molecule has 1 unspecified atom stereocenters. The van der Waals surface area contributed by atoms with Crippen molar-refractivity contribution in [2.75, 3.05) is 20.2 Å². The van der Waals surface area contributed by atoms with Crippen molar-refractivity contribution in [3.05, 3.63) is 41.7 Å². The molecule has 0 spiro atoms. The lowest BCUT2D eigenvalue weighted by Gasteiger charge is -2.17. The monoisotopic (exact) mass is 369 g/mol. The molecule has 0 saturated carbocycles. The number of nitrogens with zero attached hydrogens (tertiary/aromatic N) is 3. The largest absolute Gasteiger partial charge is 0.480 e. The van der Waals surface area contributed by atoms with E-state index in [2.05, 4.69) is 9.97 Å². The molecule has 1 fully saturated rings. The van der Waals surface area contributed by atoms with Crippen molar-refractivity contribution in [3.63, 3.8) is 0 Å². The fourth-order valence-electron chi connectivity index (χ4n) is 2.42. The van der Waals surface area contributed by atoms with Crippen molar-refractivity contribution in [2.24, 2.45) is 0 Å². The van der Waals surface area contributed by atoms with E-state index < -0.39 is 10.0 Å². The smallest absolute Gasteiger partial charge is 0.243 e. The van der Waals surface area contributed by atoms with Crippen LogP contribution in [0.1, 0.15) is 6.42 Å². The van der Waals surface area contributed by atoms with Crippen LogP contribution in [0, 0.1) is 0 Å². The molecule has 1 aromatic carbocycles. The van der Waals surface area contributed by atoms with Crippen LogP contribution in [-0.4, -0.2) is 49.0 Å². The highest BCUT2D eigenvalue weighted by Gasteiger charge is 2.33. The summed E-state index contributed by atoms with van der Waals surface area (Å²) in [6.07, 6.45) is 3.23. The van der Waals surface area contributed by atoms with Crippen LogP contribution in [0.5, 0.6) is 11.8 Å². The lowest BCUT2D eigenvalue weighted by Crippen LogP contribution is -2.31. The van der Waals surface area contributed by atoms with Crippen molar-refractivity contribution in [3.8, 4) is 11.8 Å². The second-order valence-electron chi connectivity index (χ2n) is 5.25. The fourth-order valence-corrected chi connectivity index (χ4v) is 4.04. The molecule has 0 N–H and O–H groups in total. The lowest BCUT2D eigenvalue weighted by atomic mass is 10.3. The maximum Gasteiger partial charge on any atom is 0.243 e. The minimum atomic E-state index is -3.56. The zero-order valence-corrected chi connectivity index (χ0v) is 14.5. The molecule has 1 aliphatic rings. The van der Waals surface area contributed by atoms with E-state index in [0.29, 0.717) is 29.7 Å². The summed E-state index contributed by atoms with van der Waals surface area (Å²) in [6, 6.07) is 6.12. The van der Waals surface area contributed by atoms with Crippen molar-refractivity contribution in [2.45, 2.75) is 17.4 Å². The van der Waals surface area contributed by atoms with Crippen LogP contribution in [0.2, 0.25) is 5.02 Å². The first-order valence-corrected chi connectivity index (χ1v) is 9.09. The Kier molecular flexibility index (Phi) is 4.88. The van der Waals surface area contributed by atoms with E-state index in [1.165, 1.54) is 35.9 Å². The number of ether oxygens (including phenoxy) is 2.